The van der Waals surface area contributed by atoms with Crippen LogP contribution >= 0.6 is 0 Å². The monoisotopic (exact) mass is 172 g/mol. The summed E-state index contributed by atoms with van der Waals surface area (Å²) >= 11 is 0. The Hall–Kier alpha value is -0.530. The predicted octanol–water partition coefficient (Wildman–Crippen LogP) is 2.76. The summed E-state index contributed by atoms with van der Waals surface area (Å²) in [6.45, 7) is 9.67. The normalized spacial score (nSPS) is 11.8. The molecule has 0 aromatic heterocycles. The van der Waals surface area contributed by atoms with Crippen molar-refractivity contribution in [3.8, 4) is 0 Å². The lowest BCUT2D eigenvalue weighted by molar-refractivity contribution is -0.159. The summed E-state index contributed by atoms with van der Waals surface area (Å²) in [5.41, 5.74) is -0.310. The van der Waals surface area contributed by atoms with Gasteiger partial charge in [0.1, 0.15) is 5.60 Å². The summed E-state index contributed by atoms with van der Waals surface area (Å²) in [4.78, 5) is 10.8. The standard InChI is InChI=1S/C10H20O2/c1-6-9(7-2)10(4,5)12-8(3)11/h9H,6-7H2,1-5H3. The van der Waals surface area contributed by atoms with E-state index in [9.17, 15) is 4.79 Å². The van der Waals surface area contributed by atoms with Crippen molar-refractivity contribution in [2.45, 2.75) is 53.1 Å². The van der Waals surface area contributed by atoms with E-state index in [-0.39, 0.29) is 11.6 Å². The molecule has 0 amide bonds. The molecule has 2 heteroatoms. The quantitative estimate of drug-likeness (QED) is 0.609. The van der Waals surface area contributed by atoms with Crippen LogP contribution in [0, 0.1) is 5.92 Å². The molecule has 0 bridgehead atoms. The Balaban J connectivity index is 4.24. The molecule has 0 rings (SSSR count). The third-order valence-corrected chi connectivity index (χ3v) is 2.38. The fourth-order valence-corrected chi connectivity index (χ4v) is 1.73. The molecular formula is C10H20O2. The zero-order valence-corrected chi connectivity index (χ0v) is 8.81. The number of hydrogen-bond donors (Lipinski definition) is 0. The van der Waals surface area contributed by atoms with E-state index in [2.05, 4.69) is 13.8 Å². The topological polar surface area (TPSA) is 26.3 Å². The van der Waals surface area contributed by atoms with Crippen LogP contribution in [0.15, 0.2) is 0 Å². The van der Waals surface area contributed by atoms with E-state index >= 15 is 0 Å². The molecule has 0 aromatic carbocycles. The van der Waals surface area contributed by atoms with E-state index in [1.807, 2.05) is 13.8 Å². The van der Waals surface area contributed by atoms with Gasteiger partial charge >= 0.3 is 5.97 Å². The van der Waals surface area contributed by atoms with Crippen molar-refractivity contribution in [3.63, 3.8) is 0 Å². The van der Waals surface area contributed by atoms with Gasteiger partial charge in [-0.2, -0.15) is 0 Å². The first-order chi connectivity index (χ1) is 5.44. The molecule has 0 saturated carbocycles. The van der Waals surface area contributed by atoms with Crippen molar-refractivity contribution in [2.24, 2.45) is 5.92 Å². The third kappa shape index (κ3) is 3.24. The first kappa shape index (κ1) is 11.5. The molecule has 2 nitrogen and oxygen atoms in total. The fourth-order valence-electron chi connectivity index (χ4n) is 1.73. The highest BCUT2D eigenvalue weighted by Crippen LogP contribution is 2.27. The maximum Gasteiger partial charge on any atom is 0.303 e. The molecule has 0 unspecified atom stereocenters. The first-order valence-corrected chi connectivity index (χ1v) is 4.63. The van der Waals surface area contributed by atoms with Crippen LogP contribution in [-0.2, 0) is 9.53 Å². The largest absolute Gasteiger partial charge is 0.460 e. The summed E-state index contributed by atoms with van der Waals surface area (Å²) in [5, 5.41) is 0. The van der Waals surface area contributed by atoms with E-state index in [1.54, 1.807) is 0 Å². The zero-order valence-electron chi connectivity index (χ0n) is 8.81. The van der Waals surface area contributed by atoms with Gasteiger partial charge in [-0.15, -0.1) is 0 Å². The van der Waals surface area contributed by atoms with E-state index in [1.165, 1.54) is 6.92 Å². The first-order valence-electron chi connectivity index (χ1n) is 4.63. The van der Waals surface area contributed by atoms with Crippen molar-refractivity contribution < 1.29 is 9.53 Å². The maximum absolute atomic E-state index is 10.8. The van der Waals surface area contributed by atoms with Crippen LogP contribution in [0.4, 0.5) is 0 Å². The lowest BCUT2D eigenvalue weighted by Gasteiger charge is -2.32. The number of carbonyl (C=O) groups is 1. The summed E-state index contributed by atoms with van der Waals surface area (Å²) in [6.07, 6.45) is 2.10. The molecule has 0 N–H and O–H groups in total. The minimum absolute atomic E-state index is 0.188. The minimum atomic E-state index is -0.310. The van der Waals surface area contributed by atoms with Gasteiger partial charge in [-0.05, 0) is 32.6 Å². The van der Waals surface area contributed by atoms with Gasteiger partial charge < -0.3 is 4.74 Å². The van der Waals surface area contributed by atoms with E-state index in [0.717, 1.165) is 12.8 Å². The van der Waals surface area contributed by atoms with Gasteiger partial charge in [0.25, 0.3) is 0 Å². The third-order valence-electron chi connectivity index (χ3n) is 2.38. The van der Waals surface area contributed by atoms with Crippen LogP contribution < -0.4 is 0 Å². The Morgan fingerprint density at radius 1 is 1.33 bits per heavy atom. The highest BCUT2D eigenvalue weighted by molar-refractivity contribution is 5.66. The summed E-state index contributed by atoms with van der Waals surface area (Å²) in [6, 6.07) is 0. The predicted molar refractivity (Wildman–Crippen MR) is 49.9 cm³/mol. The van der Waals surface area contributed by atoms with E-state index in [4.69, 9.17) is 4.74 Å². The van der Waals surface area contributed by atoms with Crippen LogP contribution in [0.1, 0.15) is 47.5 Å². The van der Waals surface area contributed by atoms with Crippen molar-refractivity contribution >= 4 is 5.97 Å². The summed E-state index contributed by atoms with van der Waals surface area (Å²) < 4.78 is 5.24. The Morgan fingerprint density at radius 3 is 2.00 bits per heavy atom. The molecule has 0 radical (unpaired) electrons. The van der Waals surface area contributed by atoms with Gasteiger partial charge in [0.05, 0.1) is 0 Å². The molecule has 0 heterocycles. The van der Waals surface area contributed by atoms with Crippen molar-refractivity contribution in [3.05, 3.63) is 0 Å². The Morgan fingerprint density at radius 2 is 1.75 bits per heavy atom. The molecule has 0 saturated heterocycles. The number of hydrogen-bond acceptors (Lipinski definition) is 2. The van der Waals surface area contributed by atoms with Crippen molar-refractivity contribution in [2.75, 3.05) is 0 Å². The van der Waals surface area contributed by atoms with Crippen LogP contribution in [-0.4, -0.2) is 11.6 Å². The molecule has 0 aliphatic carbocycles. The Kier molecular flexibility index (Phi) is 4.29. The maximum atomic E-state index is 10.8. The average Bonchev–Trinajstić information content (AvgIpc) is 1.85. The average molecular weight is 172 g/mol. The highest BCUT2D eigenvalue weighted by Gasteiger charge is 2.29. The second kappa shape index (κ2) is 4.48. The summed E-state index contributed by atoms with van der Waals surface area (Å²) in [5.74, 6) is 0.272. The molecule has 0 fully saturated rings. The molecule has 72 valence electrons. The Bertz CT molecular complexity index is 146. The second-order valence-electron chi connectivity index (χ2n) is 3.71. The van der Waals surface area contributed by atoms with Crippen LogP contribution in [0.25, 0.3) is 0 Å². The van der Waals surface area contributed by atoms with Gasteiger partial charge in [0.15, 0.2) is 0 Å². The number of esters is 1. The van der Waals surface area contributed by atoms with Crippen LogP contribution in [0.2, 0.25) is 0 Å². The van der Waals surface area contributed by atoms with Crippen molar-refractivity contribution in [1.82, 2.24) is 0 Å². The van der Waals surface area contributed by atoms with E-state index in [0.29, 0.717) is 5.92 Å². The minimum Gasteiger partial charge on any atom is -0.460 e. The fraction of sp³-hybridized carbons (Fsp3) is 0.900. The number of carbonyl (C=O) groups excluding carboxylic acids is 1. The Labute approximate surface area is 75.3 Å². The molecule has 0 spiro atoms. The zero-order chi connectivity index (χ0) is 9.78. The number of rotatable bonds is 4. The van der Waals surface area contributed by atoms with Gasteiger partial charge in [-0.25, -0.2) is 0 Å². The summed E-state index contributed by atoms with van der Waals surface area (Å²) in [7, 11) is 0. The highest BCUT2D eigenvalue weighted by atomic mass is 16.6. The van der Waals surface area contributed by atoms with Gasteiger partial charge in [0.2, 0.25) is 0 Å². The molecule has 0 aromatic rings. The molecule has 12 heavy (non-hydrogen) atoms. The number of ether oxygens (including phenoxy) is 1. The van der Waals surface area contributed by atoms with E-state index < -0.39 is 0 Å². The smallest absolute Gasteiger partial charge is 0.303 e. The molecule has 0 atom stereocenters. The molecule has 0 aliphatic rings. The van der Waals surface area contributed by atoms with Crippen molar-refractivity contribution in [1.29, 1.82) is 0 Å². The van der Waals surface area contributed by atoms with Crippen LogP contribution in [0.5, 0.6) is 0 Å². The van der Waals surface area contributed by atoms with Gasteiger partial charge in [-0.1, -0.05) is 13.8 Å². The lowest BCUT2D eigenvalue weighted by atomic mass is 9.86. The lowest BCUT2D eigenvalue weighted by Crippen LogP contribution is -2.35. The molecular weight excluding hydrogens is 152 g/mol. The molecule has 0 aliphatic heterocycles. The second-order valence-corrected chi connectivity index (χ2v) is 3.71. The van der Waals surface area contributed by atoms with Gasteiger partial charge in [-0.3, -0.25) is 4.79 Å². The van der Waals surface area contributed by atoms with Crippen LogP contribution in [0.3, 0.4) is 0 Å². The SMILES string of the molecule is CCC(CC)C(C)(C)OC(C)=O. The van der Waals surface area contributed by atoms with Gasteiger partial charge in [0, 0.05) is 6.92 Å².